The summed E-state index contributed by atoms with van der Waals surface area (Å²) >= 11 is 0. The third kappa shape index (κ3) is 11.0. The van der Waals surface area contributed by atoms with Crippen molar-refractivity contribution in [3.63, 3.8) is 0 Å². The van der Waals surface area contributed by atoms with Gasteiger partial charge in [-0.05, 0) is 138 Å². The lowest BCUT2D eigenvalue weighted by atomic mass is 9.77. The molecule has 0 saturated heterocycles. The Kier molecular flexibility index (Phi) is 16.6. The lowest BCUT2D eigenvalue weighted by Crippen LogP contribution is -2.30. The van der Waals surface area contributed by atoms with Gasteiger partial charge in [-0.1, -0.05) is 91.0 Å². The topological polar surface area (TPSA) is 109 Å². The van der Waals surface area contributed by atoms with Crippen molar-refractivity contribution in [1.82, 2.24) is 0 Å². The van der Waals surface area contributed by atoms with Gasteiger partial charge in [0.2, 0.25) is 0 Å². The molecule has 0 radical (unpaired) electrons. The molecule has 0 fully saturated rings. The van der Waals surface area contributed by atoms with Crippen LogP contribution < -0.4 is 32.3 Å². The molecular formula is C56H66O11P2. The minimum absolute atomic E-state index is 0.0496. The summed E-state index contributed by atoms with van der Waals surface area (Å²) in [6.45, 7) is 11.0. The molecule has 11 nitrogen and oxygen atoms in total. The number of allylic oxidation sites excluding steroid dienone is 1. The fourth-order valence-corrected chi connectivity index (χ4v) is 11.7. The van der Waals surface area contributed by atoms with Crippen molar-refractivity contribution >= 4 is 39.5 Å². The van der Waals surface area contributed by atoms with Crippen LogP contribution in [0.3, 0.4) is 0 Å². The second kappa shape index (κ2) is 23.0. The van der Waals surface area contributed by atoms with Gasteiger partial charge in [-0.15, -0.1) is 0 Å². The Labute approximate surface area is 410 Å². The van der Waals surface area contributed by atoms with Gasteiger partial charge < -0.3 is 41.6 Å². The average Bonchev–Trinajstić information content (AvgIpc) is 3.52. The third-order valence-corrected chi connectivity index (χ3v) is 15.2. The van der Waals surface area contributed by atoms with Crippen molar-refractivity contribution in [1.29, 1.82) is 0 Å². The van der Waals surface area contributed by atoms with Gasteiger partial charge in [-0.3, -0.25) is 4.52 Å². The highest BCUT2D eigenvalue weighted by Gasteiger charge is 2.43. The summed E-state index contributed by atoms with van der Waals surface area (Å²) in [6.07, 6.45) is 13.6. The molecule has 5 aromatic carbocycles. The molecule has 0 amide bonds. The van der Waals surface area contributed by atoms with Crippen molar-refractivity contribution in [3.05, 3.63) is 119 Å². The molecule has 5 unspecified atom stereocenters. The summed E-state index contributed by atoms with van der Waals surface area (Å²) < 4.78 is 65.3. The number of hydrogen-bond donors (Lipinski definition) is 0. The molecule has 2 heterocycles. The van der Waals surface area contributed by atoms with E-state index in [0.29, 0.717) is 64.0 Å². The molecule has 13 heteroatoms. The van der Waals surface area contributed by atoms with E-state index in [2.05, 4.69) is 58.9 Å². The monoisotopic (exact) mass is 976 g/mol. The highest BCUT2D eigenvalue weighted by Crippen LogP contribution is 2.59. The van der Waals surface area contributed by atoms with Crippen LogP contribution in [-0.2, 0) is 33.0 Å². The number of ether oxygens (including phenoxy) is 4. The molecule has 0 bridgehead atoms. The molecular weight excluding hydrogens is 911 g/mol. The van der Waals surface area contributed by atoms with Crippen LogP contribution in [-0.4, -0.2) is 40.5 Å². The van der Waals surface area contributed by atoms with Crippen molar-refractivity contribution in [2.45, 2.75) is 111 Å². The minimum Gasteiger partial charge on any atom is -0.497 e. The van der Waals surface area contributed by atoms with E-state index in [1.807, 2.05) is 54.6 Å². The Balaban J connectivity index is 1.30. The molecule has 366 valence electrons. The zero-order valence-corrected chi connectivity index (χ0v) is 43.3. The predicted molar refractivity (Wildman–Crippen MR) is 275 cm³/mol. The highest BCUT2D eigenvalue weighted by molar-refractivity contribution is 7.43. The van der Waals surface area contributed by atoms with E-state index in [0.717, 1.165) is 108 Å². The maximum absolute atomic E-state index is 13.7. The molecule has 2 aliphatic heterocycles. The highest BCUT2D eigenvalue weighted by atomic mass is 31.2. The number of rotatable bonds is 21. The van der Waals surface area contributed by atoms with Crippen LogP contribution in [0.5, 0.6) is 40.2 Å². The molecule has 1 aliphatic carbocycles. The molecule has 69 heavy (non-hydrogen) atoms. The normalized spacial score (nSPS) is 18.7. The number of carbonyl (C=O) groups is 1. The lowest BCUT2D eigenvalue weighted by Gasteiger charge is -2.34. The van der Waals surface area contributed by atoms with Crippen molar-refractivity contribution in [3.8, 4) is 51.4 Å². The number of carbonyl (C=O) groups excluding carboxylic acids is 1. The van der Waals surface area contributed by atoms with Crippen LogP contribution in [0.4, 0.5) is 0 Å². The predicted octanol–water partition coefficient (Wildman–Crippen LogP) is 15.5. The fourth-order valence-electron chi connectivity index (χ4n) is 9.38. The number of aryl methyl sites for hydroxylation is 3. The Bertz CT molecular complexity index is 2700. The number of fused-ring (bicyclic) bond motifs is 5. The largest absolute Gasteiger partial charge is 0.532 e. The van der Waals surface area contributed by atoms with E-state index in [9.17, 15) is 4.79 Å². The first-order valence-electron chi connectivity index (χ1n) is 24.5. The molecule has 0 spiro atoms. The Morgan fingerprint density at radius 1 is 0.594 bits per heavy atom. The Morgan fingerprint density at radius 2 is 1.14 bits per heavy atom. The standard InChI is InChI=1S/C56H66O11P2/c1-10-14-20-38-25-41(58-6)31-46(52(38)63-68-62-51-29-37-24-18-17-23-36(37)28-50(51)56(57)67-68)47-32-42(59-7)26-39(21-15-11-2)53(47)64-69-65-54-40(22-16-12-3)27-43(60-8)33-48(54)49-34-44(61-9)30-45(55(49)66-69)35(5)19-13-4/h17-18,23-35,45,55H,10-16,19-22H2,1-9H3. The van der Waals surface area contributed by atoms with Crippen LogP contribution in [0.25, 0.3) is 27.5 Å². The zero-order chi connectivity index (χ0) is 48.6. The number of benzene rings is 5. The summed E-state index contributed by atoms with van der Waals surface area (Å²) in [5, 5.41) is 1.85. The fraction of sp³-hybridized carbons (Fsp3) is 0.411. The molecule has 5 aromatic rings. The van der Waals surface area contributed by atoms with E-state index < -0.39 is 29.3 Å². The van der Waals surface area contributed by atoms with Gasteiger partial charge in [0, 0.05) is 22.6 Å². The van der Waals surface area contributed by atoms with Gasteiger partial charge in [0.05, 0.1) is 28.4 Å². The molecule has 0 aromatic heterocycles. The van der Waals surface area contributed by atoms with Crippen LogP contribution in [0.15, 0.2) is 90.7 Å². The second-order valence-corrected chi connectivity index (χ2v) is 19.9. The van der Waals surface area contributed by atoms with E-state index in [-0.39, 0.29) is 11.8 Å². The number of hydrogen-bond acceptors (Lipinski definition) is 11. The molecule has 3 aliphatic rings. The smallest absolute Gasteiger partial charge is 0.497 e. The van der Waals surface area contributed by atoms with Crippen LogP contribution >= 0.6 is 17.2 Å². The summed E-state index contributed by atoms with van der Waals surface area (Å²) in [6, 6.07) is 23.6. The first-order valence-corrected chi connectivity index (χ1v) is 26.7. The van der Waals surface area contributed by atoms with Gasteiger partial charge in [0.15, 0.2) is 0 Å². The van der Waals surface area contributed by atoms with Crippen molar-refractivity contribution < 1.29 is 50.9 Å². The van der Waals surface area contributed by atoms with Gasteiger partial charge >= 0.3 is 23.2 Å². The van der Waals surface area contributed by atoms with Gasteiger partial charge in [0.25, 0.3) is 0 Å². The molecule has 0 saturated carbocycles. The lowest BCUT2D eigenvalue weighted by molar-refractivity contribution is 0.0697. The third-order valence-electron chi connectivity index (χ3n) is 13.2. The first kappa shape index (κ1) is 49.9. The van der Waals surface area contributed by atoms with E-state index >= 15 is 0 Å². The SMILES string of the molecule is CCCCc1cc(OC)cc2c1OP(Oc1c(CCCC)cc(OC)cc1-c1cc(OC)cc(CCCC)c1OP1OC(=O)c3cc4ccccc4cc3O1)OC1C2=CC(OC)=CC1C(C)CCC. The Morgan fingerprint density at radius 3 is 1.71 bits per heavy atom. The maximum Gasteiger partial charge on any atom is 0.532 e. The summed E-state index contributed by atoms with van der Waals surface area (Å²) in [4.78, 5) is 13.7. The Hall–Kier alpha value is -5.47. The van der Waals surface area contributed by atoms with Crippen molar-refractivity contribution in [2.75, 3.05) is 28.4 Å². The van der Waals surface area contributed by atoms with E-state index in [1.54, 1.807) is 34.5 Å². The number of methoxy groups -OCH3 is 4. The van der Waals surface area contributed by atoms with Gasteiger partial charge in [-0.25, -0.2) is 4.79 Å². The van der Waals surface area contributed by atoms with Gasteiger partial charge in [-0.2, -0.15) is 0 Å². The minimum atomic E-state index is -2.25. The van der Waals surface area contributed by atoms with Crippen LogP contribution in [0, 0.1) is 11.8 Å². The average molecular weight is 977 g/mol. The van der Waals surface area contributed by atoms with Crippen molar-refractivity contribution in [2.24, 2.45) is 11.8 Å². The summed E-state index contributed by atoms with van der Waals surface area (Å²) in [5.41, 5.74) is 6.34. The van der Waals surface area contributed by atoms with Crippen LogP contribution in [0.1, 0.15) is 119 Å². The maximum atomic E-state index is 13.7. The quantitative estimate of drug-likeness (QED) is 0.0656. The zero-order valence-electron chi connectivity index (χ0n) is 41.5. The summed E-state index contributed by atoms with van der Waals surface area (Å²) in [7, 11) is 2.35. The second-order valence-electron chi connectivity index (χ2n) is 17.9. The molecule has 0 N–H and O–H groups in total. The first-order chi connectivity index (χ1) is 33.6. The van der Waals surface area contributed by atoms with Gasteiger partial charge in [0.1, 0.15) is 57.7 Å². The molecule has 8 rings (SSSR count). The van der Waals surface area contributed by atoms with E-state index in [4.69, 9.17) is 46.1 Å². The molecule has 5 atom stereocenters. The number of unbranched alkanes of at least 4 members (excludes halogenated alkanes) is 3. The summed E-state index contributed by atoms with van der Waals surface area (Å²) in [5.74, 6) is 4.66. The van der Waals surface area contributed by atoms with Crippen LogP contribution in [0.2, 0.25) is 0 Å². The van der Waals surface area contributed by atoms with E-state index in [1.165, 1.54) is 0 Å².